The number of nitrogens with zero attached hydrogens (tertiary/aromatic N) is 3. The Hall–Kier alpha value is -2.35. The van der Waals surface area contributed by atoms with Gasteiger partial charge >= 0.3 is 5.97 Å². The number of ether oxygens (including phenoxy) is 1. The standard InChI is InChI=1S/C19H24N4O3S/c1-3-11-26-18(25)14-7-9-15(10-8-14)20-16(24)12-27-19-22-21-17(13-5-6-13)23(19)4-2/h7-10,13H,3-6,11-12H2,1-2H3,(H,20,24). The van der Waals surface area contributed by atoms with Gasteiger partial charge in [0.2, 0.25) is 5.91 Å². The van der Waals surface area contributed by atoms with Crippen LogP contribution < -0.4 is 5.32 Å². The average Bonchev–Trinajstić information content (AvgIpc) is 3.44. The molecule has 1 aliphatic carbocycles. The van der Waals surface area contributed by atoms with E-state index in [1.54, 1.807) is 24.3 Å². The number of hydrogen-bond acceptors (Lipinski definition) is 6. The Bertz CT molecular complexity index is 800. The minimum Gasteiger partial charge on any atom is -0.462 e. The third-order valence-electron chi connectivity index (χ3n) is 4.18. The van der Waals surface area contributed by atoms with Gasteiger partial charge in [-0.1, -0.05) is 18.7 Å². The van der Waals surface area contributed by atoms with Crippen LogP contribution in [0.4, 0.5) is 5.69 Å². The molecule has 0 radical (unpaired) electrons. The molecule has 1 heterocycles. The molecule has 1 aromatic carbocycles. The lowest BCUT2D eigenvalue weighted by Gasteiger charge is -2.08. The number of benzene rings is 1. The lowest BCUT2D eigenvalue weighted by atomic mass is 10.2. The van der Waals surface area contributed by atoms with Crippen LogP contribution in [0.2, 0.25) is 0 Å². The molecule has 1 saturated carbocycles. The summed E-state index contributed by atoms with van der Waals surface area (Å²) in [4.78, 5) is 24.0. The molecule has 7 nitrogen and oxygen atoms in total. The SMILES string of the molecule is CCCOC(=O)c1ccc(NC(=O)CSc2nnc(C3CC3)n2CC)cc1. The van der Waals surface area contributed by atoms with E-state index in [0.717, 1.165) is 23.9 Å². The van der Waals surface area contributed by atoms with E-state index in [2.05, 4.69) is 27.0 Å². The van der Waals surface area contributed by atoms with Crippen LogP contribution >= 0.6 is 11.8 Å². The van der Waals surface area contributed by atoms with E-state index in [9.17, 15) is 9.59 Å². The maximum Gasteiger partial charge on any atom is 0.338 e. The first-order chi connectivity index (χ1) is 13.1. The molecule has 2 aromatic rings. The van der Waals surface area contributed by atoms with E-state index in [0.29, 0.717) is 23.8 Å². The number of thioether (sulfide) groups is 1. The van der Waals surface area contributed by atoms with Gasteiger partial charge in [0.1, 0.15) is 5.82 Å². The number of amides is 1. The Morgan fingerprint density at radius 3 is 2.59 bits per heavy atom. The second-order valence-electron chi connectivity index (χ2n) is 6.41. The molecule has 0 atom stereocenters. The zero-order chi connectivity index (χ0) is 19.2. The van der Waals surface area contributed by atoms with Crippen molar-refractivity contribution in [3.63, 3.8) is 0 Å². The second-order valence-corrected chi connectivity index (χ2v) is 7.35. The predicted molar refractivity (Wildman–Crippen MR) is 104 cm³/mol. The molecule has 144 valence electrons. The van der Waals surface area contributed by atoms with Gasteiger partial charge in [-0.2, -0.15) is 0 Å². The summed E-state index contributed by atoms with van der Waals surface area (Å²) in [6, 6.07) is 6.70. The summed E-state index contributed by atoms with van der Waals surface area (Å²) in [5.41, 5.74) is 1.11. The first-order valence-electron chi connectivity index (χ1n) is 9.25. The molecule has 1 fully saturated rings. The van der Waals surface area contributed by atoms with Gasteiger partial charge in [0, 0.05) is 18.2 Å². The van der Waals surface area contributed by atoms with Crippen molar-refractivity contribution in [1.82, 2.24) is 14.8 Å². The Labute approximate surface area is 162 Å². The number of aromatic nitrogens is 3. The molecule has 1 N–H and O–H groups in total. The molecule has 0 unspecified atom stereocenters. The highest BCUT2D eigenvalue weighted by Gasteiger charge is 2.30. The molecule has 0 saturated heterocycles. The first-order valence-corrected chi connectivity index (χ1v) is 10.2. The quantitative estimate of drug-likeness (QED) is 0.523. The Morgan fingerprint density at radius 1 is 1.22 bits per heavy atom. The van der Waals surface area contributed by atoms with Crippen molar-refractivity contribution >= 4 is 29.3 Å². The van der Waals surface area contributed by atoms with Crippen molar-refractivity contribution < 1.29 is 14.3 Å². The molecule has 3 rings (SSSR count). The highest BCUT2D eigenvalue weighted by Crippen LogP contribution is 2.39. The lowest BCUT2D eigenvalue weighted by Crippen LogP contribution is -2.15. The minimum atomic E-state index is -0.351. The summed E-state index contributed by atoms with van der Waals surface area (Å²) in [6.45, 7) is 5.21. The van der Waals surface area contributed by atoms with Crippen LogP contribution in [0.1, 0.15) is 55.2 Å². The average molecular weight is 388 g/mol. The van der Waals surface area contributed by atoms with Gasteiger partial charge in [-0.15, -0.1) is 10.2 Å². The molecule has 1 aliphatic rings. The van der Waals surface area contributed by atoms with Crippen molar-refractivity contribution in [2.75, 3.05) is 17.7 Å². The highest BCUT2D eigenvalue weighted by atomic mass is 32.2. The van der Waals surface area contributed by atoms with Crippen molar-refractivity contribution in [3.05, 3.63) is 35.7 Å². The summed E-state index contributed by atoms with van der Waals surface area (Å²) < 4.78 is 7.18. The molecule has 0 aliphatic heterocycles. The molecule has 1 aromatic heterocycles. The van der Waals surface area contributed by atoms with Crippen LogP contribution in [-0.4, -0.2) is 39.0 Å². The zero-order valence-corrected chi connectivity index (χ0v) is 16.4. The molecular weight excluding hydrogens is 364 g/mol. The van der Waals surface area contributed by atoms with Gasteiger partial charge < -0.3 is 14.6 Å². The second kappa shape index (κ2) is 9.03. The van der Waals surface area contributed by atoms with Gasteiger partial charge in [-0.25, -0.2) is 4.79 Å². The van der Waals surface area contributed by atoms with Crippen LogP contribution in [0, 0.1) is 0 Å². The topological polar surface area (TPSA) is 86.1 Å². The van der Waals surface area contributed by atoms with Crippen molar-refractivity contribution in [3.8, 4) is 0 Å². The van der Waals surface area contributed by atoms with E-state index in [1.165, 1.54) is 24.6 Å². The lowest BCUT2D eigenvalue weighted by molar-refractivity contribution is -0.113. The van der Waals surface area contributed by atoms with Crippen LogP contribution in [0.25, 0.3) is 0 Å². The van der Waals surface area contributed by atoms with Crippen LogP contribution in [-0.2, 0) is 16.1 Å². The number of carbonyl (C=O) groups is 2. The van der Waals surface area contributed by atoms with E-state index in [1.807, 2.05) is 6.92 Å². The summed E-state index contributed by atoms with van der Waals surface area (Å²) in [7, 11) is 0. The first kappa shape index (κ1) is 19.4. The Kier molecular flexibility index (Phi) is 6.49. The molecule has 27 heavy (non-hydrogen) atoms. The number of carbonyl (C=O) groups excluding carboxylic acids is 2. The van der Waals surface area contributed by atoms with E-state index in [-0.39, 0.29) is 17.6 Å². The largest absolute Gasteiger partial charge is 0.462 e. The number of esters is 1. The number of hydrogen-bond donors (Lipinski definition) is 1. The minimum absolute atomic E-state index is 0.125. The van der Waals surface area contributed by atoms with E-state index < -0.39 is 0 Å². The zero-order valence-electron chi connectivity index (χ0n) is 15.6. The third-order valence-corrected chi connectivity index (χ3v) is 5.14. The summed E-state index contributed by atoms with van der Waals surface area (Å²) in [6.07, 6.45) is 3.13. The monoisotopic (exact) mass is 388 g/mol. The van der Waals surface area contributed by atoms with Gasteiger partial charge in [0.25, 0.3) is 0 Å². The summed E-state index contributed by atoms with van der Waals surface area (Å²) in [5.74, 6) is 1.34. The maximum atomic E-state index is 12.2. The third kappa shape index (κ3) is 5.09. The van der Waals surface area contributed by atoms with Crippen LogP contribution in [0.15, 0.2) is 29.4 Å². The summed E-state index contributed by atoms with van der Waals surface area (Å²) >= 11 is 1.39. The Balaban J connectivity index is 1.51. The van der Waals surface area contributed by atoms with Gasteiger partial charge in [-0.3, -0.25) is 4.79 Å². The molecule has 0 spiro atoms. The Morgan fingerprint density at radius 2 is 1.96 bits per heavy atom. The fourth-order valence-electron chi connectivity index (χ4n) is 2.64. The fourth-order valence-corrected chi connectivity index (χ4v) is 3.45. The smallest absolute Gasteiger partial charge is 0.338 e. The number of nitrogens with one attached hydrogen (secondary N) is 1. The number of anilines is 1. The van der Waals surface area contributed by atoms with Crippen molar-refractivity contribution in [2.24, 2.45) is 0 Å². The molecular formula is C19H24N4O3S. The summed E-state index contributed by atoms with van der Waals surface area (Å²) in [5, 5.41) is 12.1. The van der Waals surface area contributed by atoms with E-state index in [4.69, 9.17) is 4.74 Å². The van der Waals surface area contributed by atoms with Gasteiger partial charge in [0.15, 0.2) is 5.16 Å². The molecule has 1 amide bonds. The van der Waals surface area contributed by atoms with Crippen molar-refractivity contribution in [2.45, 2.75) is 50.7 Å². The van der Waals surface area contributed by atoms with Crippen molar-refractivity contribution in [1.29, 1.82) is 0 Å². The normalized spacial score (nSPS) is 13.4. The maximum absolute atomic E-state index is 12.2. The molecule has 0 bridgehead atoms. The van der Waals surface area contributed by atoms with E-state index >= 15 is 0 Å². The van der Waals surface area contributed by atoms with Gasteiger partial charge in [-0.05, 0) is 50.5 Å². The van der Waals surface area contributed by atoms with Crippen LogP contribution in [0.3, 0.4) is 0 Å². The fraction of sp³-hybridized carbons (Fsp3) is 0.474. The highest BCUT2D eigenvalue weighted by molar-refractivity contribution is 7.99. The predicted octanol–water partition coefficient (Wildman–Crippen LogP) is 3.47. The number of rotatable bonds is 9. The van der Waals surface area contributed by atoms with Gasteiger partial charge in [0.05, 0.1) is 17.9 Å². The molecule has 8 heteroatoms. The van der Waals surface area contributed by atoms with Crippen LogP contribution in [0.5, 0.6) is 0 Å².